The van der Waals surface area contributed by atoms with Crippen molar-refractivity contribution < 1.29 is 27.5 Å². The van der Waals surface area contributed by atoms with Crippen LogP contribution in [-0.4, -0.2) is 18.8 Å². The van der Waals surface area contributed by atoms with E-state index >= 15 is 0 Å². The van der Waals surface area contributed by atoms with Gasteiger partial charge >= 0.3 is 6.18 Å². The van der Waals surface area contributed by atoms with Crippen molar-refractivity contribution >= 4 is 11.7 Å². The van der Waals surface area contributed by atoms with Crippen LogP contribution in [0.15, 0.2) is 42.5 Å². The van der Waals surface area contributed by atoms with Crippen molar-refractivity contribution in [2.45, 2.75) is 26.1 Å². The summed E-state index contributed by atoms with van der Waals surface area (Å²) in [6, 6.07) is 9.55. The number of carbonyl (C=O) groups is 2. The zero-order chi connectivity index (χ0) is 19.3. The molecular formula is C19H18F3NO3. The fourth-order valence-electron chi connectivity index (χ4n) is 2.43. The van der Waals surface area contributed by atoms with Crippen LogP contribution in [0.1, 0.15) is 34.0 Å². The van der Waals surface area contributed by atoms with Gasteiger partial charge in [0.25, 0.3) is 0 Å². The summed E-state index contributed by atoms with van der Waals surface area (Å²) in [5, 5.41) is 2.58. The number of ether oxygens (including phenoxy) is 1. The van der Waals surface area contributed by atoms with Crippen LogP contribution in [-0.2, 0) is 23.9 Å². The molecule has 0 unspecified atom stereocenters. The fourth-order valence-corrected chi connectivity index (χ4v) is 2.43. The molecule has 0 aliphatic rings. The van der Waals surface area contributed by atoms with E-state index in [1.807, 2.05) is 0 Å². The number of hydrogen-bond donors (Lipinski definition) is 1. The fraction of sp³-hybridized carbons (Fsp3) is 0.263. The van der Waals surface area contributed by atoms with Crippen molar-refractivity contribution in [3.63, 3.8) is 0 Å². The third-order valence-corrected chi connectivity index (χ3v) is 3.78. The molecule has 1 amide bonds. The number of amides is 1. The van der Waals surface area contributed by atoms with E-state index in [1.54, 1.807) is 18.2 Å². The Morgan fingerprint density at radius 1 is 1.12 bits per heavy atom. The number of alkyl halides is 3. The van der Waals surface area contributed by atoms with Gasteiger partial charge in [0.15, 0.2) is 5.78 Å². The normalized spacial score (nSPS) is 11.1. The average molecular weight is 365 g/mol. The molecule has 7 heteroatoms. The first-order valence-corrected chi connectivity index (χ1v) is 7.81. The van der Waals surface area contributed by atoms with Gasteiger partial charge in [-0.3, -0.25) is 9.59 Å². The van der Waals surface area contributed by atoms with E-state index in [4.69, 9.17) is 4.74 Å². The van der Waals surface area contributed by atoms with Crippen LogP contribution in [0, 0.1) is 0 Å². The van der Waals surface area contributed by atoms with Crippen molar-refractivity contribution in [3.8, 4) is 5.75 Å². The van der Waals surface area contributed by atoms with Crippen molar-refractivity contribution in [2.75, 3.05) is 7.11 Å². The number of rotatable bonds is 6. The standard InChI is InChI=1S/C19H18F3NO3/c1-12(24)14-6-7-17(26-2)15(9-14)10-18(25)23-11-13-4-3-5-16(8-13)19(20,21)22/h3-9H,10-11H2,1-2H3,(H,23,25). The molecule has 2 rings (SSSR count). The van der Waals surface area contributed by atoms with Gasteiger partial charge in [0.1, 0.15) is 5.75 Å². The van der Waals surface area contributed by atoms with Crippen LogP contribution in [0.5, 0.6) is 5.75 Å². The molecule has 0 heterocycles. The molecule has 4 nitrogen and oxygen atoms in total. The smallest absolute Gasteiger partial charge is 0.416 e. The number of hydrogen-bond acceptors (Lipinski definition) is 3. The Morgan fingerprint density at radius 2 is 1.85 bits per heavy atom. The van der Waals surface area contributed by atoms with E-state index in [1.165, 1.54) is 26.2 Å². The molecule has 1 N–H and O–H groups in total. The molecule has 138 valence electrons. The first kappa shape index (κ1) is 19.5. The lowest BCUT2D eigenvalue weighted by Crippen LogP contribution is -2.25. The second-order valence-electron chi connectivity index (χ2n) is 5.73. The summed E-state index contributed by atoms with van der Waals surface area (Å²) in [7, 11) is 1.45. The molecule has 0 aromatic heterocycles. The summed E-state index contributed by atoms with van der Waals surface area (Å²) in [5.74, 6) is -0.0658. The van der Waals surface area contributed by atoms with E-state index < -0.39 is 11.7 Å². The molecular weight excluding hydrogens is 347 g/mol. The van der Waals surface area contributed by atoms with Gasteiger partial charge in [-0.2, -0.15) is 13.2 Å². The Kier molecular flexibility index (Phi) is 6.02. The van der Waals surface area contributed by atoms with Gasteiger partial charge in [0.05, 0.1) is 19.1 Å². The highest BCUT2D eigenvalue weighted by atomic mass is 19.4. The second-order valence-corrected chi connectivity index (χ2v) is 5.73. The first-order chi connectivity index (χ1) is 12.2. The Morgan fingerprint density at radius 3 is 2.46 bits per heavy atom. The largest absolute Gasteiger partial charge is 0.496 e. The Hall–Kier alpha value is -2.83. The maximum absolute atomic E-state index is 12.7. The molecule has 0 saturated carbocycles. The minimum absolute atomic E-state index is 0.0303. The molecule has 0 atom stereocenters. The van der Waals surface area contributed by atoms with Gasteiger partial charge in [-0.15, -0.1) is 0 Å². The van der Waals surface area contributed by atoms with E-state index in [0.29, 0.717) is 22.4 Å². The third-order valence-electron chi connectivity index (χ3n) is 3.78. The lowest BCUT2D eigenvalue weighted by Gasteiger charge is -2.11. The predicted molar refractivity (Wildman–Crippen MR) is 90.0 cm³/mol. The lowest BCUT2D eigenvalue weighted by atomic mass is 10.0. The Balaban J connectivity index is 2.06. The quantitative estimate of drug-likeness (QED) is 0.793. The zero-order valence-corrected chi connectivity index (χ0v) is 14.3. The van der Waals surface area contributed by atoms with Gasteiger partial charge in [-0.1, -0.05) is 12.1 Å². The number of nitrogens with one attached hydrogen (secondary N) is 1. The highest BCUT2D eigenvalue weighted by molar-refractivity contribution is 5.94. The average Bonchev–Trinajstić information content (AvgIpc) is 2.59. The first-order valence-electron chi connectivity index (χ1n) is 7.81. The Labute approximate surface area is 149 Å². The molecule has 0 spiro atoms. The van der Waals surface area contributed by atoms with Crippen LogP contribution < -0.4 is 10.1 Å². The summed E-state index contributed by atoms with van der Waals surface area (Å²) in [4.78, 5) is 23.6. The Bertz CT molecular complexity index is 816. The number of ketones is 1. The predicted octanol–water partition coefficient (Wildman–Crippen LogP) is 3.78. The van der Waals surface area contributed by atoms with Crippen LogP contribution in [0.3, 0.4) is 0 Å². The maximum atomic E-state index is 12.7. The van der Waals surface area contributed by atoms with Gasteiger partial charge in [0, 0.05) is 17.7 Å². The molecule has 0 aliphatic heterocycles. The minimum Gasteiger partial charge on any atom is -0.496 e. The van der Waals surface area contributed by atoms with E-state index in [-0.39, 0.29) is 24.7 Å². The summed E-state index contributed by atoms with van der Waals surface area (Å²) < 4.78 is 43.3. The van der Waals surface area contributed by atoms with Crippen LogP contribution in [0.25, 0.3) is 0 Å². The van der Waals surface area contributed by atoms with Crippen LogP contribution in [0.4, 0.5) is 13.2 Å². The van der Waals surface area contributed by atoms with Crippen molar-refractivity contribution in [1.82, 2.24) is 5.32 Å². The summed E-state index contributed by atoms with van der Waals surface area (Å²) in [6.07, 6.45) is -4.48. The maximum Gasteiger partial charge on any atom is 0.416 e. The van der Waals surface area contributed by atoms with Gasteiger partial charge in [0.2, 0.25) is 5.91 Å². The number of methoxy groups -OCH3 is 1. The summed E-state index contributed by atoms with van der Waals surface area (Å²) in [6.45, 7) is 1.39. The van der Waals surface area contributed by atoms with E-state index in [9.17, 15) is 22.8 Å². The summed E-state index contributed by atoms with van der Waals surface area (Å²) in [5.41, 5.74) is 0.561. The van der Waals surface area contributed by atoms with Gasteiger partial charge < -0.3 is 10.1 Å². The number of halogens is 3. The van der Waals surface area contributed by atoms with Crippen LogP contribution >= 0.6 is 0 Å². The molecule has 0 aliphatic carbocycles. The van der Waals surface area contributed by atoms with Crippen molar-refractivity contribution in [3.05, 3.63) is 64.7 Å². The van der Waals surface area contributed by atoms with Gasteiger partial charge in [-0.25, -0.2) is 0 Å². The molecule has 0 bridgehead atoms. The highest BCUT2D eigenvalue weighted by Crippen LogP contribution is 2.29. The van der Waals surface area contributed by atoms with Crippen molar-refractivity contribution in [2.24, 2.45) is 0 Å². The van der Waals surface area contributed by atoms with Crippen LogP contribution in [0.2, 0.25) is 0 Å². The molecule has 2 aromatic carbocycles. The second kappa shape index (κ2) is 8.03. The topological polar surface area (TPSA) is 55.4 Å². The monoisotopic (exact) mass is 365 g/mol. The van der Waals surface area contributed by atoms with Crippen molar-refractivity contribution in [1.29, 1.82) is 0 Å². The molecule has 0 saturated heterocycles. The number of Topliss-reactive ketones (excluding diaryl/α,β-unsaturated/α-hetero) is 1. The summed E-state index contributed by atoms with van der Waals surface area (Å²) >= 11 is 0. The van der Waals surface area contributed by atoms with Gasteiger partial charge in [-0.05, 0) is 42.8 Å². The lowest BCUT2D eigenvalue weighted by molar-refractivity contribution is -0.137. The number of carbonyl (C=O) groups excluding carboxylic acids is 2. The van der Waals surface area contributed by atoms with E-state index in [2.05, 4.69) is 5.32 Å². The third kappa shape index (κ3) is 5.08. The highest BCUT2D eigenvalue weighted by Gasteiger charge is 2.30. The van der Waals surface area contributed by atoms with E-state index in [0.717, 1.165) is 12.1 Å². The zero-order valence-electron chi connectivity index (χ0n) is 14.3. The molecule has 26 heavy (non-hydrogen) atoms. The molecule has 2 aromatic rings. The SMILES string of the molecule is COc1ccc(C(C)=O)cc1CC(=O)NCc1cccc(C(F)(F)F)c1. The number of benzene rings is 2. The molecule has 0 fully saturated rings. The minimum atomic E-state index is -4.43. The molecule has 0 radical (unpaired) electrons.